The van der Waals surface area contributed by atoms with Crippen LogP contribution < -0.4 is 5.73 Å². The lowest BCUT2D eigenvalue weighted by Crippen LogP contribution is -2.40. The zero-order chi connectivity index (χ0) is 13.5. The molecule has 4 nitrogen and oxygen atoms in total. The Hall–Kier alpha value is -0.980. The summed E-state index contributed by atoms with van der Waals surface area (Å²) >= 11 is 0. The van der Waals surface area contributed by atoms with Gasteiger partial charge in [-0.2, -0.15) is 4.31 Å². The molecule has 2 unspecified atom stereocenters. The van der Waals surface area contributed by atoms with Gasteiger partial charge in [-0.05, 0) is 44.0 Å². The van der Waals surface area contributed by atoms with Gasteiger partial charge < -0.3 is 5.73 Å². The van der Waals surface area contributed by atoms with Crippen molar-refractivity contribution in [2.24, 2.45) is 5.73 Å². The lowest BCUT2D eigenvalue weighted by molar-refractivity contribution is 0.393. The third kappa shape index (κ3) is 2.15. The van der Waals surface area contributed by atoms with Gasteiger partial charge in [0.05, 0.1) is 4.90 Å². The Morgan fingerprint density at radius 2 is 2.11 bits per heavy atom. The van der Waals surface area contributed by atoms with E-state index in [1.165, 1.54) is 22.5 Å². The number of hydrogen-bond acceptors (Lipinski definition) is 3. The van der Waals surface area contributed by atoms with Crippen molar-refractivity contribution in [2.45, 2.75) is 37.2 Å². The predicted molar refractivity (Wildman–Crippen MR) is 67.1 cm³/mol. The normalized spacial score (nSPS) is 25.6. The fraction of sp³-hybridized carbons (Fsp3) is 0.500. The predicted octanol–water partition coefficient (Wildman–Crippen LogP) is 1.24. The van der Waals surface area contributed by atoms with Crippen LogP contribution in [0, 0.1) is 12.7 Å². The van der Waals surface area contributed by atoms with Crippen molar-refractivity contribution in [2.75, 3.05) is 6.54 Å². The van der Waals surface area contributed by atoms with Crippen molar-refractivity contribution >= 4 is 10.0 Å². The Bertz CT molecular complexity index is 559. The average Bonchev–Trinajstić information content (AvgIpc) is 2.59. The quantitative estimate of drug-likeness (QED) is 0.881. The van der Waals surface area contributed by atoms with Gasteiger partial charge in [-0.3, -0.25) is 0 Å². The van der Waals surface area contributed by atoms with E-state index in [4.69, 9.17) is 5.73 Å². The highest BCUT2D eigenvalue weighted by molar-refractivity contribution is 7.89. The van der Waals surface area contributed by atoms with Crippen LogP contribution in [0.3, 0.4) is 0 Å². The summed E-state index contributed by atoms with van der Waals surface area (Å²) < 4.78 is 39.4. The fourth-order valence-corrected chi connectivity index (χ4v) is 4.20. The molecule has 2 rings (SSSR count). The van der Waals surface area contributed by atoms with E-state index in [0.717, 1.165) is 0 Å². The maximum Gasteiger partial charge on any atom is 0.243 e. The highest BCUT2D eigenvalue weighted by Gasteiger charge is 2.37. The molecular weight excluding hydrogens is 255 g/mol. The Morgan fingerprint density at radius 1 is 1.44 bits per heavy atom. The third-order valence-electron chi connectivity index (χ3n) is 3.48. The Balaban J connectivity index is 2.43. The fourth-order valence-electron chi connectivity index (χ4n) is 2.30. The summed E-state index contributed by atoms with van der Waals surface area (Å²) in [5.41, 5.74) is 6.26. The van der Waals surface area contributed by atoms with E-state index in [1.807, 2.05) is 0 Å². The van der Waals surface area contributed by atoms with E-state index in [-0.39, 0.29) is 17.0 Å². The summed E-state index contributed by atoms with van der Waals surface area (Å²) in [7, 11) is -3.58. The van der Waals surface area contributed by atoms with Crippen LogP contribution in [0.1, 0.15) is 18.9 Å². The molecule has 1 aliphatic heterocycles. The molecule has 1 saturated heterocycles. The largest absolute Gasteiger partial charge is 0.326 e. The molecule has 100 valence electrons. The monoisotopic (exact) mass is 272 g/mol. The Morgan fingerprint density at radius 3 is 2.61 bits per heavy atom. The molecule has 1 aliphatic rings. The summed E-state index contributed by atoms with van der Waals surface area (Å²) in [6.07, 6.45) is 0.653. The molecule has 1 aromatic rings. The molecule has 6 heteroatoms. The number of nitrogens with two attached hydrogens (primary N) is 1. The van der Waals surface area contributed by atoms with E-state index < -0.39 is 15.8 Å². The van der Waals surface area contributed by atoms with Crippen LogP contribution in [0.5, 0.6) is 0 Å². The lowest BCUT2D eigenvalue weighted by atomic mass is 10.2. The Labute approximate surface area is 107 Å². The first-order chi connectivity index (χ1) is 8.34. The first-order valence-corrected chi connectivity index (χ1v) is 7.31. The SMILES string of the molecule is Cc1cc(F)ccc1S(=O)(=O)N1CCC(N)C1C. The number of benzene rings is 1. The van der Waals surface area contributed by atoms with Gasteiger partial charge in [-0.15, -0.1) is 0 Å². The summed E-state index contributed by atoms with van der Waals surface area (Å²) in [5.74, 6) is -0.433. The summed E-state index contributed by atoms with van der Waals surface area (Å²) in [6.45, 7) is 3.81. The number of aryl methyl sites for hydroxylation is 1. The number of sulfonamides is 1. The minimum Gasteiger partial charge on any atom is -0.326 e. The van der Waals surface area contributed by atoms with Crippen LogP contribution in [0.25, 0.3) is 0 Å². The highest BCUT2D eigenvalue weighted by atomic mass is 32.2. The molecule has 2 N–H and O–H groups in total. The molecule has 0 spiro atoms. The molecule has 2 atom stereocenters. The summed E-state index contributed by atoms with van der Waals surface area (Å²) in [5, 5.41) is 0. The minimum atomic E-state index is -3.58. The third-order valence-corrected chi connectivity index (χ3v) is 5.63. The van der Waals surface area contributed by atoms with Crippen molar-refractivity contribution in [1.29, 1.82) is 0 Å². The van der Waals surface area contributed by atoms with Crippen LogP contribution in [-0.2, 0) is 10.0 Å². The van der Waals surface area contributed by atoms with Crippen LogP contribution in [0.2, 0.25) is 0 Å². The van der Waals surface area contributed by atoms with E-state index in [0.29, 0.717) is 18.5 Å². The summed E-state index contributed by atoms with van der Waals surface area (Å²) in [4.78, 5) is 0.157. The number of hydrogen-bond donors (Lipinski definition) is 1. The van der Waals surface area contributed by atoms with Crippen LogP contribution in [0.15, 0.2) is 23.1 Å². The number of nitrogens with zero attached hydrogens (tertiary/aromatic N) is 1. The van der Waals surface area contributed by atoms with Gasteiger partial charge >= 0.3 is 0 Å². The molecule has 0 amide bonds. The van der Waals surface area contributed by atoms with Crippen molar-refractivity contribution in [3.63, 3.8) is 0 Å². The van der Waals surface area contributed by atoms with Crippen LogP contribution in [-0.4, -0.2) is 31.4 Å². The molecule has 0 saturated carbocycles. The van der Waals surface area contributed by atoms with Gasteiger partial charge in [0.25, 0.3) is 0 Å². The van der Waals surface area contributed by atoms with Crippen molar-refractivity contribution in [3.8, 4) is 0 Å². The van der Waals surface area contributed by atoms with Gasteiger partial charge in [-0.1, -0.05) is 0 Å². The molecule has 0 radical (unpaired) electrons. The second kappa shape index (κ2) is 4.60. The maximum absolute atomic E-state index is 13.0. The average molecular weight is 272 g/mol. The topological polar surface area (TPSA) is 63.4 Å². The standard InChI is InChI=1S/C12H17FN2O2S/c1-8-7-10(13)3-4-12(8)18(16,17)15-6-5-11(14)9(15)2/h3-4,7,9,11H,5-6,14H2,1-2H3. The van der Waals surface area contributed by atoms with E-state index in [2.05, 4.69) is 0 Å². The van der Waals surface area contributed by atoms with Gasteiger partial charge in [0.2, 0.25) is 10.0 Å². The molecule has 1 heterocycles. The second-order valence-electron chi connectivity index (χ2n) is 4.72. The lowest BCUT2D eigenvalue weighted by Gasteiger charge is -2.23. The van der Waals surface area contributed by atoms with Crippen molar-refractivity contribution in [3.05, 3.63) is 29.6 Å². The molecule has 0 aromatic heterocycles. The molecule has 0 bridgehead atoms. The zero-order valence-electron chi connectivity index (χ0n) is 10.4. The van der Waals surface area contributed by atoms with Gasteiger partial charge in [0.1, 0.15) is 5.82 Å². The van der Waals surface area contributed by atoms with Crippen molar-refractivity contribution < 1.29 is 12.8 Å². The number of halogens is 1. The van der Waals surface area contributed by atoms with Crippen LogP contribution >= 0.6 is 0 Å². The smallest absolute Gasteiger partial charge is 0.243 e. The molecular formula is C12H17FN2O2S. The van der Waals surface area contributed by atoms with Gasteiger partial charge in [0.15, 0.2) is 0 Å². The molecule has 1 fully saturated rings. The van der Waals surface area contributed by atoms with Crippen molar-refractivity contribution in [1.82, 2.24) is 4.31 Å². The number of rotatable bonds is 2. The van der Waals surface area contributed by atoms with E-state index in [9.17, 15) is 12.8 Å². The van der Waals surface area contributed by atoms with E-state index in [1.54, 1.807) is 13.8 Å². The first-order valence-electron chi connectivity index (χ1n) is 5.87. The van der Waals surface area contributed by atoms with Gasteiger partial charge in [-0.25, -0.2) is 12.8 Å². The second-order valence-corrected chi connectivity index (χ2v) is 6.58. The minimum absolute atomic E-state index is 0.138. The highest BCUT2D eigenvalue weighted by Crippen LogP contribution is 2.27. The van der Waals surface area contributed by atoms with Gasteiger partial charge in [0, 0.05) is 18.6 Å². The van der Waals surface area contributed by atoms with Crippen LogP contribution in [0.4, 0.5) is 4.39 Å². The first kappa shape index (κ1) is 13.5. The maximum atomic E-state index is 13.0. The molecule has 18 heavy (non-hydrogen) atoms. The molecule has 0 aliphatic carbocycles. The zero-order valence-corrected chi connectivity index (χ0v) is 11.2. The summed E-state index contributed by atoms with van der Waals surface area (Å²) in [6, 6.07) is 3.35. The Kier molecular flexibility index (Phi) is 3.44. The molecule has 1 aromatic carbocycles. The van der Waals surface area contributed by atoms with E-state index >= 15 is 0 Å².